The Hall–Kier alpha value is -2.66. The molecule has 0 unspecified atom stereocenters. The molecule has 0 fully saturated rings. The molecule has 0 atom stereocenters. The van der Waals surface area contributed by atoms with E-state index >= 15 is 0 Å². The van der Waals surface area contributed by atoms with Gasteiger partial charge in [-0.15, -0.1) is 0 Å². The number of anilines is 1. The lowest BCUT2D eigenvalue weighted by Gasteiger charge is -2.19. The SMILES string of the molecule is CN(OCc1ccccc1)C(=O)Nc1ccc2c(c1)C(=O)CCC2. The summed E-state index contributed by atoms with van der Waals surface area (Å²) in [5, 5.41) is 3.92. The Morgan fingerprint density at radius 1 is 1.17 bits per heavy atom. The quantitative estimate of drug-likeness (QED) is 0.870. The number of ketones is 1. The van der Waals surface area contributed by atoms with Crippen LogP contribution >= 0.6 is 0 Å². The van der Waals surface area contributed by atoms with Crippen molar-refractivity contribution >= 4 is 17.5 Å². The molecule has 3 rings (SSSR count). The average molecular weight is 324 g/mol. The van der Waals surface area contributed by atoms with Crippen molar-refractivity contribution in [1.82, 2.24) is 5.06 Å². The van der Waals surface area contributed by atoms with Gasteiger partial charge in [0, 0.05) is 24.7 Å². The van der Waals surface area contributed by atoms with Crippen molar-refractivity contribution in [2.45, 2.75) is 25.9 Å². The number of fused-ring (bicyclic) bond motifs is 1. The predicted octanol–water partition coefficient (Wildman–Crippen LogP) is 3.80. The number of hydrogen-bond donors (Lipinski definition) is 1. The molecule has 2 amide bonds. The third kappa shape index (κ3) is 3.81. The topological polar surface area (TPSA) is 58.6 Å². The first-order valence-electron chi connectivity index (χ1n) is 8.01. The van der Waals surface area contributed by atoms with Crippen LogP contribution in [0.1, 0.15) is 34.3 Å². The summed E-state index contributed by atoms with van der Waals surface area (Å²) in [7, 11) is 1.56. The molecular formula is C19H20N2O3. The summed E-state index contributed by atoms with van der Waals surface area (Å²) in [5.74, 6) is 0.140. The van der Waals surface area contributed by atoms with Crippen molar-refractivity contribution in [2.24, 2.45) is 0 Å². The summed E-state index contributed by atoms with van der Waals surface area (Å²) < 4.78 is 0. The van der Waals surface area contributed by atoms with Crippen LogP contribution in [0.2, 0.25) is 0 Å². The smallest absolute Gasteiger partial charge is 0.306 e. The maximum absolute atomic E-state index is 12.2. The number of nitrogens with one attached hydrogen (secondary N) is 1. The highest BCUT2D eigenvalue weighted by Crippen LogP contribution is 2.24. The van der Waals surface area contributed by atoms with Gasteiger partial charge in [0.1, 0.15) is 6.61 Å². The second-order valence-electron chi connectivity index (χ2n) is 5.84. The molecule has 0 aliphatic heterocycles. The number of urea groups is 1. The summed E-state index contributed by atoms with van der Waals surface area (Å²) in [6.45, 7) is 0.313. The van der Waals surface area contributed by atoms with Gasteiger partial charge in [-0.25, -0.2) is 9.86 Å². The van der Waals surface area contributed by atoms with E-state index in [1.54, 1.807) is 13.1 Å². The van der Waals surface area contributed by atoms with Gasteiger partial charge >= 0.3 is 6.03 Å². The van der Waals surface area contributed by atoms with Crippen LogP contribution in [0, 0.1) is 0 Å². The van der Waals surface area contributed by atoms with Gasteiger partial charge in [0.05, 0.1) is 0 Å². The van der Waals surface area contributed by atoms with Gasteiger partial charge in [0.2, 0.25) is 0 Å². The van der Waals surface area contributed by atoms with E-state index in [2.05, 4.69) is 5.32 Å². The molecule has 1 N–H and O–H groups in total. The normalized spacial score (nSPS) is 13.3. The van der Waals surface area contributed by atoms with Crippen LogP contribution in [-0.2, 0) is 17.9 Å². The Kier molecular flexibility index (Phi) is 4.91. The first kappa shape index (κ1) is 16.2. The molecule has 1 aliphatic rings. The van der Waals surface area contributed by atoms with Crippen LogP contribution in [0.15, 0.2) is 48.5 Å². The number of carbonyl (C=O) groups excluding carboxylic acids is 2. The fraction of sp³-hybridized carbons (Fsp3) is 0.263. The molecule has 2 aromatic carbocycles. The second kappa shape index (κ2) is 7.27. The van der Waals surface area contributed by atoms with Gasteiger partial charge < -0.3 is 5.32 Å². The van der Waals surface area contributed by atoms with Gasteiger partial charge in [-0.1, -0.05) is 36.4 Å². The third-order valence-electron chi connectivity index (χ3n) is 4.07. The lowest BCUT2D eigenvalue weighted by molar-refractivity contribution is -0.105. The zero-order valence-electron chi connectivity index (χ0n) is 13.6. The van der Waals surface area contributed by atoms with Crippen molar-refractivity contribution in [3.05, 3.63) is 65.2 Å². The number of hydrogen-bond acceptors (Lipinski definition) is 3. The lowest BCUT2D eigenvalue weighted by Crippen LogP contribution is -2.31. The highest BCUT2D eigenvalue weighted by Gasteiger charge is 2.18. The fourth-order valence-electron chi connectivity index (χ4n) is 2.71. The molecular weight excluding hydrogens is 304 g/mol. The molecule has 1 aliphatic carbocycles. The zero-order valence-corrected chi connectivity index (χ0v) is 13.6. The monoisotopic (exact) mass is 324 g/mol. The fourth-order valence-corrected chi connectivity index (χ4v) is 2.71. The number of benzene rings is 2. The van der Waals surface area contributed by atoms with E-state index in [1.807, 2.05) is 42.5 Å². The second-order valence-corrected chi connectivity index (χ2v) is 5.84. The minimum atomic E-state index is -0.380. The number of nitrogens with zero attached hydrogens (tertiary/aromatic N) is 1. The average Bonchev–Trinajstić information content (AvgIpc) is 2.61. The number of carbonyl (C=O) groups is 2. The van der Waals surface area contributed by atoms with Crippen molar-refractivity contribution in [1.29, 1.82) is 0 Å². The molecule has 5 nitrogen and oxygen atoms in total. The predicted molar refractivity (Wildman–Crippen MR) is 91.7 cm³/mol. The van der Waals surface area contributed by atoms with E-state index < -0.39 is 0 Å². The van der Waals surface area contributed by atoms with Gasteiger partial charge in [-0.05, 0) is 36.1 Å². The van der Waals surface area contributed by atoms with E-state index in [0.717, 1.165) is 29.0 Å². The van der Waals surface area contributed by atoms with Crippen molar-refractivity contribution in [2.75, 3.05) is 12.4 Å². The molecule has 0 aromatic heterocycles. The minimum absolute atomic E-state index is 0.140. The highest BCUT2D eigenvalue weighted by molar-refractivity contribution is 6.00. The zero-order chi connectivity index (χ0) is 16.9. The van der Waals surface area contributed by atoms with Crippen LogP contribution in [-0.4, -0.2) is 23.9 Å². The van der Waals surface area contributed by atoms with Crippen LogP contribution in [0.5, 0.6) is 0 Å². The maximum Gasteiger partial charge on any atom is 0.345 e. The maximum atomic E-state index is 12.2. The Balaban J connectivity index is 1.60. The highest BCUT2D eigenvalue weighted by atomic mass is 16.7. The van der Waals surface area contributed by atoms with E-state index in [9.17, 15) is 9.59 Å². The Bertz CT molecular complexity index is 744. The van der Waals surface area contributed by atoms with E-state index in [0.29, 0.717) is 24.3 Å². The van der Waals surface area contributed by atoms with Gasteiger partial charge in [0.15, 0.2) is 5.78 Å². The molecule has 0 saturated heterocycles. The summed E-state index contributed by atoms with van der Waals surface area (Å²) in [4.78, 5) is 29.6. The Morgan fingerprint density at radius 3 is 2.75 bits per heavy atom. The van der Waals surface area contributed by atoms with E-state index in [1.165, 1.54) is 0 Å². The number of aryl methyl sites for hydroxylation is 1. The first-order valence-corrected chi connectivity index (χ1v) is 8.01. The molecule has 0 saturated carbocycles. The van der Waals surface area contributed by atoms with Crippen LogP contribution < -0.4 is 5.32 Å². The van der Waals surface area contributed by atoms with Gasteiger partial charge in [-0.2, -0.15) is 0 Å². The standard InChI is InChI=1S/C19H20N2O3/c1-21(24-13-14-6-3-2-4-7-14)19(23)20-16-11-10-15-8-5-9-18(22)17(15)12-16/h2-4,6-7,10-12H,5,8-9,13H2,1H3,(H,20,23). The molecule has 0 radical (unpaired) electrons. The van der Waals surface area contributed by atoms with Crippen LogP contribution in [0.25, 0.3) is 0 Å². The van der Waals surface area contributed by atoms with Crippen LogP contribution in [0.4, 0.5) is 10.5 Å². The minimum Gasteiger partial charge on any atom is -0.306 e. The number of hydroxylamine groups is 2. The summed E-state index contributed by atoms with van der Waals surface area (Å²) in [5.41, 5.74) is 3.35. The molecule has 2 aromatic rings. The Labute approximate surface area is 141 Å². The summed E-state index contributed by atoms with van der Waals surface area (Å²) in [6, 6.07) is 14.7. The van der Waals surface area contributed by atoms with Crippen molar-refractivity contribution < 1.29 is 14.4 Å². The summed E-state index contributed by atoms with van der Waals surface area (Å²) >= 11 is 0. The van der Waals surface area contributed by atoms with Crippen LogP contribution in [0.3, 0.4) is 0 Å². The number of amides is 2. The van der Waals surface area contributed by atoms with E-state index in [-0.39, 0.29) is 11.8 Å². The van der Waals surface area contributed by atoms with Gasteiger partial charge in [0.25, 0.3) is 0 Å². The van der Waals surface area contributed by atoms with E-state index in [4.69, 9.17) is 4.84 Å². The van der Waals surface area contributed by atoms with Crippen molar-refractivity contribution in [3.63, 3.8) is 0 Å². The molecule has 124 valence electrons. The molecule has 0 bridgehead atoms. The lowest BCUT2D eigenvalue weighted by atomic mass is 9.90. The molecule has 5 heteroatoms. The first-order chi connectivity index (χ1) is 11.6. The number of Topliss-reactive ketones (excluding diaryl/α,β-unsaturated/α-hetero) is 1. The Morgan fingerprint density at radius 2 is 1.96 bits per heavy atom. The molecule has 24 heavy (non-hydrogen) atoms. The molecule has 0 heterocycles. The van der Waals surface area contributed by atoms with Gasteiger partial charge in [-0.3, -0.25) is 9.63 Å². The molecule has 0 spiro atoms. The van der Waals surface area contributed by atoms with Crippen molar-refractivity contribution in [3.8, 4) is 0 Å². The number of rotatable bonds is 4. The summed E-state index contributed by atoms with van der Waals surface area (Å²) in [6.07, 6.45) is 2.38. The third-order valence-corrected chi connectivity index (χ3v) is 4.07. The largest absolute Gasteiger partial charge is 0.345 e.